The molecule has 0 spiro atoms. The number of alkyl halides is 3. The number of pyridine rings is 1. The van der Waals surface area contributed by atoms with Gasteiger partial charge in [-0.2, -0.15) is 13.2 Å². The standard InChI is InChI=1S/C23H21F3N2O2/c1-14-10-11-17-18(27-14)7-5-8-19(17)28-21(22(2,29)23(24,25)26)16-12-13-30-20-9-4-3-6-15(16)20/h3-12,21,28-29H,13H2,1-2H3. The fourth-order valence-corrected chi connectivity index (χ4v) is 3.66. The summed E-state index contributed by atoms with van der Waals surface area (Å²) in [6.45, 7) is 2.76. The lowest BCUT2D eigenvalue weighted by molar-refractivity contribution is -0.253. The molecule has 7 heteroatoms. The molecule has 2 heterocycles. The van der Waals surface area contributed by atoms with E-state index in [2.05, 4.69) is 10.3 Å². The largest absolute Gasteiger partial charge is 0.489 e. The Balaban J connectivity index is 1.85. The van der Waals surface area contributed by atoms with Crippen molar-refractivity contribution in [2.75, 3.05) is 11.9 Å². The van der Waals surface area contributed by atoms with Crippen LogP contribution in [0.5, 0.6) is 5.75 Å². The number of aryl methyl sites for hydroxylation is 1. The van der Waals surface area contributed by atoms with Crippen LogP contribution < -0.4 is 10.1 Å². The van der Waals surface area contributed by atoms with Gasteiger partial charge in [-0.15, -0.1) is 0 Å². The van der Waals surface area contributed by atoms with E-state index in [0.717, 1.165) is 12.6 Å². The lowest BCUT2D eigenvalue weighted by atomic mass is 9.84. The zero-order chi connectivity index (χ0) is 21.5. The molecule has 3 aromatic rings. The summed E-state index contributed by atoms with van der Waals surface area (Å²) in [5, 5.41) is 14.3. The van der Waals surface area contributed by atoms with Gasteiger partial charge in [0.1, 0.15) is 12.4 Å². The molecule has 2 unspecified atom stereocenters. The third-order valence-corrected chi connectivity index (χ3v) is 5.36. The van der Waals surface area contributed by atoms with Crippen molar-refractivity contribution in [3.05, 3.63) is 71.9 Å². The number of anilines is 1. The third-order valence-electron chi connectivity index (χ3n) is 5.36. The minimum atomic E-state index is -4.86. The molecular formula is C23H21F3N2O2. The zero-order valence-electron chi connectivity index (χ0n) is 16.5. The maximum Gasteiger partial charge on any atom is 0.419 e. The number of ether oxygens (including phenoxy) is 1. The van der Waals surface area contributed by atoms with Crippen LogP contribution in [0.25, 0.3) is 16.5 Å². The van der Waals surface area contributed by atoms with Crippen molar-refractivity contribution < 1.29 is 23.0 Å². The smallest absolute Gasteiger partial charge is 0.419 e. The van der Waals surface area contributed by atoms with Gasteiger partial charge in [-0.1, -0.05) is 24.3 Å². The molecule has 0 saturated carbocycles. The summed E-state index contributed by atoms with van der Waals surface area (Å²) < 4.78 is 47.3. The molecule has 4 nitrogen and oxygen atoms in total. The number of hydrogen-bond donors (Lipinski definition) is 2. The molecule has 2 N–H and O–H groups in total. The topological polar surface area (TPSA) is 54.4 Å². The van der Waals surface area contributed by atoms with E-state index in [1.807, 2.05) is 13.0 Å². The first-order valence-corrected chi connectivity index (χ1v) is 9.53. The van der Waals surface area contributed by atoms with Gasteiger partial charge < -0.3 is 15.2 Å². The quantitative estimate of drug-likeness (QED) is 0.623. The van der Waals surface area contributed by atoms with Crippen LogP contribution in [0, 0.1) is 6.92 Å². The lowest BCUT2D eigenvalue weighted by Crippen LogP contribution is -2.55. The summed E-state index contributed by atoms with van der Waals surface area (Å²) in [6.07, 6.45) is -3.29. The fraction of sp³-hybridized carbons (Fsp3) is 0.261. The monoisotopic (exact) mass is 414 g/mol. The number of aromatic nitrogens is 1. The average Bonchev–Trinajstić information content (AvgIpc) is 2.70. The van der Waals surface area contributed by atoms with Gasteiger partial charge in [0.2, 0.25) is 0 Å². The Kier molecular flexibility index (Phi) is 4.94. The second-order valence-electron chi connectivity index (χ2n) is 7.51. The van der Waals surface area contributed by atoms with Crippen LogP contribution in [0.2, 0.25) is 0 Å². The fourth-order valence-electron chi connectivity index (χ4n) is 3.66. The van der Waals surface area contributed by atoms with E-state index in [4.69, 9.17) is 4.74 Å². The SMILES string of the molecule is Cc1ccc2c(NC(C3=CCOc4ccccc43)C(C)(O)C(F)(F)F)cccc2n1. The molecular weight excluding hydrogens is 393 g/mol. The van der Waals surface area contributed by atoms with E-state index in [-0.39, 0.29) is 6.61 Å². The maximum atomic E-state index is 13.9. The molecule has 156 valence electrons. The molecule has 0 amide bonds. The van der Waals surface area contributed by atoms with Crippen LogP contribution >= 0.6 is 0 Å². The molecule has 0 radical (unpaired) electrons. The summed E-state index contributed by atoms with van der Waals surface area (Å²) >= 11 is 0. The van der Waals surface area contributed by atoms with Gasteiger partial charge in [0.25, 0.3) is 0 Å². The van der Waals surface area contributed by atoms with Gasteiger partial charge in [-0.3, -0.25) is 4.98 Å². The minimum absolute atomic E-state index is 0.120. The highest BCUT2D eigenvalue weighted by atomic mass is 19.4. The summed E-state index contributed by atoms with van der Waals surface area (Å²) in [4.78, 5) is 4.44. The Hall–Kier alpha value is -3.06. The van der Waals surface area contributed by atoms with Crippen LogP contribution in [0.3, 0.4) is 0 Å². The molecule has 4 rings (SSSR count). The van der Waals surface area contributed by atoms with Crippen molar-refractivity contribution >= 4 is 22.2 Å². The highest BCUT2D eigenvalue weighted by Crippen LogP contribution is 2.43. The Bertz CT molecular complexity index is 1120. The van der Waals surface area contributed by atoms with E-state index in [9.17, 15) is 18.3 Å². The molecule has 1 aromatic heterocycles. The van der Waals surface area contributed by atoms with Crippen molar-refractivity contribution in [1.82, 2.24) is 4.98 Å². The zero-order valence-corrected chi connectivity index (χ0v) is 16.5. The number of aliphatic hydroxyl groups is 1. The molecule has 0 saturated heterocycles. The van der Waals surface area contributed by atoms with E-state index >= 15 is 0 Å². The number of nitrogens with one attached hydrogen (secondary N) is 1. The van der Waals surface area contributed by atoms with E-state index in [0.29, 0.717) is 33.5 Å². The number of para-hydroxylation sites is 1. The summed E-state index contributed by atoms with van der Waals surface area (Å²) in [5.74, 6) is 0.481. The normalized spacial score (nSPS) is 16.8. The Morgan fingerprint density at radius 1 is 1.07 bits per heavy atom. The van der Waals surface area contributed by atoms with Gasteiger partial charge in [-0.05, 0) is 55.8 Å². The molecule has 0 bridgehead atoms. The number of hydrogen-bond acceptors (Lipinski definition) is 4. The van der Waals surface area contributed by atoms with Gasteiger partial charge in [-0.25, -0.2) is 0 Å². The van der Waals surface area contributed by atoms with Crippen LogP contribution in [0.1, 0.15) is 18.2 Å². The van der Waals surface area contributed by atoms with Crippen LogP contribution in [-0.4, -0.2) is 34.5 Å². The Morgan fingerprint density at radius 2 is 1.83 bits per heavy atom. The van der Waals surface area contributed by atoms with E-state index in [1.165, 1.54) is 0 Å². The average molecular weight is 414 g/mol. The Labute approximate surface area is 172 Å². The van der Waals surface area contributed by atoms with Crippen molar-refractivity contribution in [2.45, 2.75) is 31.7 Å². The molecule has 1 aliphatic heterocycles. The van der Waals surface area contributed by atoms with Crippen LogP contribution in [-0.2, 0) is 0 Å². The van der Waals surface area contributed by atoms with Crippen LogP contribution in [0.4, 0.5) is 18.9 Å². The predicted molar refractivity (Wildman–Crippen MR) is 110 cm³/mol. The van der Waals surface area contributed by atoms with Gasteiger partial charge in [0.15, 0.2) is 5.60 Å². The Morgan fingerprint density at radius 3 is 2.60 bits per heavy atom. The van der Waals surface area contributed by atoms with Crippen molar-refractivity contribution in [3.8, 4) is 5.75 Å². The van der Waals surface area contributed by atoms with Crippen molar-refractivity contribution in [2.24, 2.45) is 0 Å². The summed E-state index contributed by atoms with van der Waals surface area (Å²) in [6, 6.07) is 14.2. The molecule has 0 aliphatic carbocycles. The number of nitrogens with zero attached hydrogens (tertiary/aromatic N) is 1. The predicted octanol–water partition coefficient (Wildman–Crippen LogP) is 5.11. The summed E-state index contributed by atoms with van der Waals surface area (Å²) in [5.41, 5.74) is -0.272. The highest BCUT2D eigenvalue weighted by Gasteiger charge is 2.56. The third kappa shape index (κ3) is 3.50. The maximum absolute atomic E-state index is 13.9. The van der Waals surface area contributed by atoms with E-state index in [1.54, 1.807) is 54.6 Å². The number of halogens is 3. The second-order valence-corrected chi connectivity index (χ2v) is 7.51. The first-order valence-electron chi connectivity index (χ1n) is 9.53. The number of rotatable bonds is 4. The van der Waals surface area contributed by atoms with Crippen molar-refractivity contribution in [3.63, 3.8) is 0 Å². The van der Waals surface area contributed by atoms with Crippen molar-refractivity contribution in [1.29, 1.82) is 0 Å². The molecule has 2 aromatic carbocycles. The highest BCUT2D eigenvalue weighted by molar-refractivity contribution is 5.93. The second kappa shape index (κ2) is 7.32. The van der Waals surface area contributed by atoms with Gasteiger partial charge >= 0.3 is 6.18 Å². The molecule has 1 aliphatic rings. The van der Waals surface area contributed by atoms with E-state index < -0.39 is 17.8 Å². The molecule has 2 atom stereocenters. The van der Waals surface area contributed by atoms with Crippen LogP contribution in [0.15, 0.2) is 60.7 Å². The summed E-state index contributed by atoms with van der Waals surface area (Å²) in [7, 11) is 0. The number of fused-ring (bicyclic) bond motifs is 2. The molecule has 30 heavy (non-hydrogen) atoms. The minimum Gasteiger partial charge on any atom is -0.489 e. The van der Waals surface area contributed by atoms with Gasteiger partial charge in [0, 0.05) is 22.3 Å². The molecule has 0 fully saturated rings. The first kappa shape index (κ1) is 20.2. The lowest BCUT2D eigenvalue weighted by Gasteiger charge is -2.38. The number of benzene rings is 2. The first-order chi connectivity index (χ1) is 14.2. The van der Waals surface area contributed by atoms with Gasteiger partial charge in [0.05, 0.1) is 11.6 Å².